The van der Waals surface area contributed by atoms with Crippen molar-refractivity contribution in [1.29, 1.82) is 0 Å². The number of carbonyl (C=O) groups is 1. The topological polar surface area (TPSA) is 74.6 Å². The van der Waals surface area contributed by atoms with Gasteiger partial charge in [0.25, 0.3) is 5.91 Å². The second-order valence-electron chi connectivity index (χ2n) is 6.05. The maximum Gasteiger partial charge on any atom is 0.271 e. The van der Waals surface area contributed by atoms with Crippen LogP contribution in [-0.2, 0) is 7.05 Å². The predicted molar refractivity (Wildman–Crippen MR) is 106 cm³/mol. The van der Waals surface area contributed by atoms with E-state index in [1.165, 1.54) is 0 Å². The fraction of sp³-hybridized carbons (Fsp3) is 0.238. The second-order valence-corrected chi connectivity index (χ2v) is 6.05. The zero-order valence-electron chi connectivity index (χ0n) is 16.1. The Balaban J connectivity index is 1.55. The molecule has 0 radical (unpaired) electrons. The quantitative estimate of drug-likeness (QED) is 0.607. The van der Waals surface area contributed by atoms with Crippen LogP contribution in [0.3, 0.4) is 0 Å². The molecule has 0 saturated carbocycles. The summed E-state index contributed by atoms with van der Waals surface area (Å²) in [5.41, 5.74) is 2.11. The number of benzene rings is 2. The molecule has 0 atom stereocenters. The number of nitrogens with zero attached hydrogens (tertiary/aromatic N) is 2. The third kappa shape index (κ3) is 4.62. The van der Waals surface area contributed by atoms with Crippen LogP contribution in [0, 0.1) is 0 Å². The maximum absolute atomic E-state index is 12.4. The summed E-state index contributed by atoms with van der Waals surface area (Å²) in [5.74, 6) is 1.99. The SMILES string of the molecule is COc1ccc(OCCNC(=O)c2cc(-c3cccc(OC)c3)n(C)n2)cc1. The van der Waals surface area contributed by atoms with Gasteiger partial charge in [0.2, 0.25) is 0 Å². The van der Waals surface area contributed by atoms with Gasteiger partial charge >= 0.3 is 0 Å². The fourth-order valence-electron chi connectivity index (χ4n) is 2.73. The molecule has 0 aliphatic rings. The Bertz CT molecular complexity index is 935. The normalized spacial score (nSPS) is 10.4. The van der Waals surface area contributed by atoms with Gasteiger partial charge in [-0.05, 0) is 42.5 Å². The van der Waals surface area contributed by atoms with E-state index in [9.17, 15) is 4.79 Å². The lowest BCUT2D eigenvalue weighted by atomic mass is 10.1. The molecule has 2 aromatic carbocycles. The highest BCUT2D eigenvalue weighted by Crippen LogP contribution is 2.24. The minimum Gasteiger partial charge on any atom is -0.497 e. The molecule has 7 nitrogen and oxygen atoms in total. The minimum absolute atomic E-state index is 0.247. The van der Waals surface area contributed by atoms with E-state index in [0.717, 1.165) is 22.8 Å². The van der Waals surface area contributed by atoms with Crippen LogP contribution in [0.5, 0.6) is 17.2 Å². The Morgan fingerprint density at radius 3 is 2.43 bits per heavy atom. The van der Waals surface area contributed by atoms with Crippen molar-refractivity contribution >= 4 is 5.91 Å². The highest BCUT2D eigenvalue weighted by atomic mass is 16.5. The molecule has 1 aromatic heterocycles. The summed E-state index contributed by atoms with van der Waals surface area (Å²) >= 11 is 0. The van der Waals surface area contributed by atoms with Crippen molar-refractivity contribution in [3.63, 3.8) is 0 Å². The highest BCUT2D eigenvalue weighted by Gasteiger charge is 2.14. The van der Waals surface area contributed by atoms with Gasteiger partial charge in [-0.1, -0.05) is 12.1 Å². The van der Waals surface area contributed by atoms with Gasteiger partial charge in [0.15, 0.2) is 5.69 Å². The van der Waals surface area contributed by atoms with Crippen LogP contribution in [0.2, 0.25) is 0 Å². The molecule has 0 aliphatic heterocycles. The van der Waals surface area contributed by atoms with Gasteiger partial charge in [-0.15, -0.1) is 0 Å². The zero-order valence-corrected chi connectivity index (χ0v) is 16.1. The van der Waals surface area contributed by atoms with Crippen molar-refractivity contribution in [3.05, 3.63) is 60.3 Å². The molecule has 1 heterocycles. The molecular weight excluding hydrogens is 358 g/mol. The van der Waals surface area contributed by atoms with Gasteiger partial charge in [-0.2, -0.15) is 5.10 Å². The molecule has 1 N–H and O–H groups in total. The first kappa shape index (κ1) is 19.3. The summed E-state index contributed by atoms with van der Waals surface area (Å²) in [4.78, 5) is 12.4. The van der Waals surface area contributed by atoms with Crippen LogP contribution < -0.4 is 19.5 Å². The molecule has 28 heavy (non-hydrogen) atoms. The fourth-order valence-corrected chi connectivity index (χ4v) is 2.73. The average molecular weight is 381 g/mol. The van der Waals surface area contributed by atoms with Gasteiger partial charge in [-0.3, -0.25) is 9.48 Å². The number of ether oxygens (including phenoxy) is 3. The molecule has 0 aliphatic carbocycles. The summed E-state index contributed by atoms with van der Waals surface area (Å²) in [6, 6.07) is 16.7. The summed E-state index contributed by atoms with van der Waals surface area (Å²) < 4.78 is 17.6. The highest BCUT2D eigenvalue weighted by molar-refractivity contribution is 5.93. The van der Waals surface area contributed by atoms with Crippen molar-refractivity contribution in [2.24, 2.45) is 7.05 Å². The Labute approximate surface area is 163 Å². The van der Waals surface area contributed by atoms with E-state index < -0.39 is 0 Å². The zero-order chi connectivity index (χ0) is 19.9. The third-order valence-corrected chi connectivity index (χ3v) is 4.19. The Morgan fingerprint density at radius 2 is 1.71 bits per heavy atom. The van der Waals surface area contributed by atoms with Crippen LogP contribution in [0.25, 0.3) is 11.3 Å². The van der Waals surface area contributed by atoms with E-state index in [0.29, 0.717) is 24.6 Å². The monoisotopic (exact) mass is 381 g/mol. The molecule has 3 aromatic rings. The molecule has 7 heteroatoms. The smallest absolute Gasteiger partial charge is 0.271 e. The number of rotatable bonds is 8. The summed E-state index contributed by atoms with van der Waals surface area (Å²) in [7, 11) is 5.04. The van der Waals surface area contributed by atoms with Crippen molar-refractivity contribution in [3.8, 4) is 28.5 Å². The van der Waals surface area contributed by atoms with Crippen LogP contribution >= 0.6 is 0 Å². The molecule has 0 unspecified atom stereocenters. The standard InChI is InChI=1S/C21H23N3O4/c1-24-20(15-5-4-6-18(13-15)27-3)14-19(23-24)21(25)22-11-12-28-17-9-7-16(26-2)8-10-17/h4-10,13-14H,11-12H2,1-3H3,(H,22,25). The number of nitrogens with one attached hydrogen (secondary N) is 1. The van der Waals surface area contributed by atoms with Crippen LogP contribution in [0.1, 0.15) is 10.5 Å². The first-order valence-electron chi connectivity index (χ1n) is 8.84. The molecular formula is C21H23N3O4. The predicted octanol–water partition coefficient (Wildman–Crippen LogP) is 2.91. The van der Waals surface area contributed by atoms with Crippen molar-refractivity contribution < 1.29 is 19.0 Å². The van der Waals surface area contributed by atoms with Gasteiger partial charge in [0.1, 0.15) is 23.9 Å². The summed E-state index contributed by atoms with van der Waals surface area (Å²) in [5, 5.41) is 7.12. The average Bonchev–Trinajstić information content (AvgIpc) is 3.13. The number of methoxy groups -OCH3 is 2. The van der Waals surface area contributed by atoms with E-state index >= 15 is 0 Å². The Morgan fingerprint density at radius 1 is 1.00 bits per heavy atom. The number of aromatic nitrogens is 2. The number of hydrogen-bond donors (Lipinski definition) is 1. The van der Waals surface area contributed by atoms with Gasteiger partial charge in [0.05, 0.1) is 26.5 Å². The molecule has 0 fully saturated rings. The van der Waals surface area contributed by atoms with E-state index in [1.54, 1.807) is 32.0 Å². The van der Waals surface area contributed by atoms with Crippen molar-refractivity contribution in [1.82, 2.24) is 15.1 Å². The lowest BCUT2D eigenvalue weighted by Crippen LogP contribution is -2.28. The molecule has 3 rings (SSSR count). The van der Waals surface area contributed by atoms with E-state index in [4.69, 9.17) is 14.2 Å². The van der Waals surface area contributed by atoms with E-state index in [2.05, 4.69) is 10.4 Å². The second kappa shape index (κ2) is 8.94. The van der Waals surface area contributed by atoms with E-state index in [1.807, 2.05) is 48.5 Å². The minimum atomic E-state index is -0.247. The van der Waals surface area contributed by atoms with Crippen LogP contribution in [0.15, 0.2) is 54.6 Å². The van der Waals surface area contributed by atoms with Gasteiger partial charge < -0.3 is 19.5 Å². The van der Waals surface area contributed by atoms with E-state index in [-0.39, 0.29) is 5.91 Å². The lowest BCUT2D eigenvalue weighted by Gasteiger charge is -2.07. The largest absolute Gasteiger partial charge is 0.497 e. The Hall–Kier alpha value is -3.48. The Kier molecular flexibility index (Phi) is 6.16. The molecule has 0 spiro atoms. The molecule has 1 amide bonds. The van der Waals surface area contributed by atoms with Gasteiger partial charge in [0, 0.05) is 12.6 Å². The maximum atomic E-state index is 12.4. The molecule has 0 saturated heterocycles. The summed E-state index contributed by atoms with van der Waals surface area (Å²) in [6.07, 6.45) is 0. The first-order chi connectivity index (χ1) is 13.6. The third-order valence-electron chi connectivity index (χ3n) is 4.19. The number of carbonyl (C=O) groups excluding carboxylic acids is 1. The van der Waals surface area contributed by atoms with Crippen LogP contribution in [0.4, 0.5) is 0 Å². The number of aryl methyl sites for hydroxylation is 1. The van der Waals surface area contributed by atoms with Crippen molar-refractivity contribution in [2.75, 3.05) is 27.4 Å². The number of amides is 1. The molecule has 146 valence electrons. The molecule has 0 bridgehead atoms. The first-order valence-corrected chi connectivity index (χ1v) is 8.84. The van der Waals surface area contributed by atoms with Crippen molar-refractivity contribution in [2.45, 2.75) is 0 Å². The van der Waals surface area contributed by atoms with Crippen LogP contribution in [-0.4, -0.2) is 43.1 Å². The lowest BCUT2D eigenvalue weighted by molar-refractivity contribution is 0.0941. The summed E-state index contributed by atoms with van der Waals surface area (Å²) in [6.45, 7) is 0.726. The van der Waals surface area contributed by atoms with Gasteiger partial charge in [-0.25, -0.2) is 0 Å². The number of hydrogen-bond acceptors (Lipinski definition) is 5.